The van der Waals surface area contributed by atoms with E-state index in [0.29, 0.717) is 38.9 Å². The van der Waals surface area contributed by atoms with Gasteiger partial charge in [-0.3, -0.25) is 4.57 Å². The van der Waals surface area contributed by atoms with Crippen molar-refractivity contribution in [2.75, 3.05) is 39.1 Å². The van der Waals surface area contributed by atoms with Gasteiger partial charge in [0.1, 0.15) is 0 Å². The van der Waals surface area contributed by atoms with E-state index in [1.165, 1.54) is 83.5 Å². The Morgan fingerprint density at radius 2 is 1.10 bits per heavy atom. The molecule has 0 aliphatic carbocycles. The highest BCUT2D eigenvalue weighted by molar-refractivity contribution is 7.53. The van der Waals surface area contributed by atoms with Crippen LogP contribution in [0.5, 0.6) is 0 Å². The summed E-state index contributed by atoms with van der Waals surface area (Å²) in [5, 5.41) is 0. The molecule has 0 aromatic rings. The Balaban J connectivity index is 3.28. The SMILES string of the molecule is CCCCCCCCCCCCCCCCOCCCOP(=O)(CCCN)OCC. The van der Waals surface area contributed by atoms with E-state index in [1.54, 1.807) is 0 Å². The molecule has 1 unspecified atom stereocenters. The highest BCUT2D eigenvalue weighted by atomic mass is 31.2. The fourth-order valence-electron chi connectivity index (χ4n) is 3.51. The molecule has 0 saturated heterocycles. The van der Waals surface area contributed by atoms with Gasteiger partial charge < -0.3 is 19.5 Å². The van der Waals surface area contributed by atoms with E-state index in [-0.39, 0.29) is 0 Å². The number of ether oxygens (including phenoxy) is 1. The summed E-state index contributed by atoms with van der Waals surface area (Å²) in [7, 11) is -2.96. The van der Waals surface area contributed by atoms with Gasteiger partial charge in [0.2, 0.25) is 0 Å². The minimum Gasteiger partial charge on any atom is -0.381 e. The highest BCUT2D eigenvalue weighted by Crippen LogP contribution is 2.48. The molecule has 0 radical (unpaired) electrons. The molecule has 30 heavy (non-hydrogen) atoms. The van der Waals surface area contributed by atoms with Crippen molar-refractivity contribution in [3.05, 3.63) is 0 Å². The van der Waals surface area contributed by atoms with E-state index < -0.39 is 7.60 Å². The van der Waals surface area contributed by atoms with Crippen LogP contribution in [0.1, 0.15) is 117 Å². The minimum atomic E-state index is -2.96. The largest absolute Gasteiger partial charge is 0.381 e. The Kier molecular flexibility index (Phi) is 23.8. The van der Waals surface area contributed by atoms with Crippen molar-refractivity contribution in [2.45, 2.75) is 117 Å². The number of nitrogens with two attached hydrogens (primary N) is 1. The molecule has 0 amide bonds. The van der Waals surface area contributed by atoms with Crippen molar-refractivity contribution in [3.8, 4) is 0 Å². The van der Waals surface area contributed by atoms with Crippen LogP contribution in [0.25, 0.3) is 0 Å². The molecule has 6 heteroatoms. The maximum atomic E-state index is 12.4. The first-order chi connectivity index (χ1) is 14.7. The molecule has 2 N–H and O–H groups in total. The first-order valence-corrected chi connectivity index (χ1v) is 14.6. The lowest BCUT2D eigenvalue weighted by Crippen LogP contribution is -2.08. The van der Waals surface area contributed by atoms with E-state index in [2.05, 4.69) is 6.92 Å². The molecule has 0 saturated carbocycles. The minimum absolute atomic E-state index is 0.400. The van der Waals surface area contributed by atoms with Crippen molar-refractivity contribution in [1.82, 2.24) is 0 Å². The average Bonchev–Trinajstić information content (AvgIpc) is 2.74. The Labute approximate surface area is 187 Å². The Bertz CT molecular complexity index is 382. The molecule has 0 spiro atoms. The number of hydrogen-bond acceptors (Lipinski definition) is 5. The van der Waals surface area contributed by atoms with Crippen molar-refractivity contribution in [2.24, 2.45) is 5.73 Å². The van der Waals surface area contributed by atoms with Crippen LogP contribution in [-0.2, 0) is 18.3 Å². The first kappa shape index (κ1) is 30.1. The van der Waals surface area contributed by atoms with Crippen molar-refractivity contribution in [3.63, 3.8) is 0 Å². The third kappa shape index (κ3) is 21.3. The Hall–Kier alpha value is 0.0700. The Morgan fingerprint density at radius 3 is 1.60 bits per heavy atom. The summed E-state index contributed by atoms with van der Waals surface area (Å²) >= 11 is 0. The summed E-state index contributed by atoms with van der Waals surface area (Å²) in [6.07, 6.45) is 21.0. The molecule has 0 aromatic carbocycles. The van der Waals surface area contributed by atoms with E-state index in [1.807, 2.05) is 6.92 Å². The standard InChI is InChI=1S/C24H52NO4P/c1-3-5-6-7-8-9-10-11-12-13-14-15-16-17-21-27-22-19-23-29-30(26,28-4-2)24-18-20-25/h3-25H2,1-2H3. The summed E-state index contributed by atoms with van der Waals surface area (Å²) in [5.74, 6) is 0. The fourth-order valence-corrected chi connectivity index (χ4v) is 5.22. The van der Waals surface area contributed by atoms with E-state index in [9.17, 15) is 4.57 Å². The topological polar surface area (TPSA) is 70.8 Å². The van der Waals surface area contributed by atoms with Crippen molar-refractivity contribution >= 4 is 7.60 Å². The highest BCUT2D eigenvalue weighted by Gasteiger charge is 2.22. The van der Waals surface area contributed by atoms with Gasteiger partial charge in [0.05, 0.1) is 19.4 Å². The van der Waals surface area contributed by atoms with Crippen LogP contribution < -0.4 is 5.73 Å². The van der Waals surface area contributed by atoms with Crippen LogP contribution >= 0.6 is 7.60 Å². The molecular weight excluding hydrogens is 397 g/mol. The number of unbranched alkanes of at least 4 members (excludes halogenated alkanes) is 13. The second-order valence-electron chi connectivity index (χ2n) is 8.29. The zero-order valence-corrected chi connectivity index (χ0v) is 21.1. The molecule has 0 aliphatic rings. The summed E-state index contributed by atoms with van der Waals surface area (Å²) in [4.78, 5) is 0. The summed E-state index contributed by atoms with van der Waals surface area (Å²) in [5.41, 5.74) is 5.48. The predicted molar refractivity (Wildman–Crippen MR) is 129 cm³/mol. The van der Waals surface area contributed by atoms with E-state index in [4.69, 9.17) is 19.5 Å². The molecule has 0 heterocycles. The van der Waals surface area contributed by atoms with Crippen LogP contribution in [0, 0.1) is 0 Å². The summed E-state index contributed by atoms with van der Waals surface area (Å²) in [6, 6.07) is 0. The van der Waals surface area contributed by atoms with E-state index >= 15 is 0 Å². The van der Waals surface area contributed by atoms with Crippen LogP contribution in [0.2, 0.25) is 0 Å². The monoisotopic (exact) mass is 449 g/mol. The van der Waals surface area contributed by atoms with Crippen molar-refractivity contribution in [1.29, 1.82) is 0 Å². The van der Waals surface area contributed by atoms with Gasteiger partial charge in [0.25, 0.3) is 0 Å². The predicted octanol–water partition coefficient (Wildman–Crippen LogP) is 7.47. The van der Waals surface area contributed by atoms with Gasteiger partial charge in [-0.25, -0.2) is 0 Å². The number of rotatable bonds is 25. The van der Waals surface area contributed by atoms with Gasteiger partial charge in [-0.2, -0.15) is 0 Å². The van der Waals surface area contributed by atoms with Gasteiger partial charge in [0.15, 0.2) is 0 Å². The summed E-state index contributed by atoms with van der Waals surface area (Å²) in [6.45, 7) is 6.90. The Morgan fingerprint density at radius 1 is 0.600 bits per heavy atom. The molecular formula is C24H52NO4P. The maximum absolute atomic E-state index is 12.4. The van der Waals surface area contributed by atoms with Gasteiger partial charge in [-0.15, -0.1) is 0 Å². The van der Waals surface area contributed by atoms with Crippen LogP contribution in [-0.4, -0.2) is 39.1 Å². The molecule has 0 bridgehead atoms. The summed E-state index contributed by atoms with van der Waals surface area (Å²) < 4.78 is 28.9. The van der Waals surface area contributed by atoms with Crippen LogP contribution in [0.4, 0.5) is 0 Å². The first-order valence-electron chi connectivity index (χ1n) is 12.8. The molecule has 0 aromatic heterocycles. The zero-order chi connectivity index (χ0) is 22.2. The maximum Gasteiger partial charge on any atom is 0.330 e. The smallest absolute Gasteiger partial charge is 0.330 e. The zero-order valence-electron chi connectivity index (χ0n) is 20.2. The fraction of sp³-hybridized carbons (Fsp3) is 1.00. The second-order valence-corrected chi connectivity index (χ2v) is 10.5. The van der Waals surface area contributed by atoms with Gasteiger partial charge in [-0.05, 0) is 32.7 Å². The lowest BCUT2D eigenvalue weighted by atomic mass is 10.0. The third-order valence-corrected chi connectivity index (χ3v) is 7.42. The molecule has 182 valence electrons. The normalized spacial score (nSPS) is 13.6. The lowest BCUT2D eigenvalue weighted by molar-refractivity contribution is 0.111. The quantitative estimate of drug-likeness (QED) is 0.116. The molecule has 1 atom stereocenters. The van der Waals surface area contributed by atoms with Crippen LogP contribution in [0.3, 0.4) is 0 Å². The second kappa shape index (κ2) is 23.7. The van der Waals surface area contributed by atoms with E-state index in [0.717, 1.165) is 19.4 Å². The third-order valence-electron chi connectivity index (χ3n) is 5.33. The lowest BCUT2D eigenvalue weighted by Gasteiger charge is -2.17. The average molecular weight is 450 g/mol. The molecule has 5 nitrogen and oxygen atoms in total. The van der Waals surface area contributed by atoms with Gasteiger partial charge in [0, 0.05) is 13.2 Å². The molecule has 0 aliphatic heterocycles. The van der Waals surface area contributed by atoms with Crippen molar-refractivity contribution < 1.29 is 18.3 Å². The van der Waals surface area contributed by atoms with Gasteiger partial charge in [-0.1, -0.05) is 90.4 Å². The van der Waals surface area contributed by atoms with Gasteiger partial charge >= 0.3 is 7.60 Å². The molecule has 0 rings (SSSR count). The molecule has 0 fully saturated rings. The number of hydrogen-bond donors (Lipinski definition) is 1. The van der Waals surface area contributed by atoms with Crippen LogP contribution in [0.15, 0.2) is 0 Å².